The lowest BCUT2D eigenvalue weighted by molar-refractivity contribution is -0.109. The first-order valence-corrected chi connectivity index (χ1v) is 2.99. The predicted molar refractivity (Wildman–Crippen MR) is 36.8 cm³/mol. The summed E-state index contributed by atoms with van der Waals surface area (Å²) in [4.78, 5) is 24.1. The van der Waals surface area contributed by atoms with Gasteiger partial charge < -0.3 is 4.79 Å². The predicted octanol–water partition coefficient (Wildman–Crippen LogP) is 0.359. The lowest BCUT2D eigenvalue weighted by atomic mass is 10.0. The van der Waals surface area contributed by atoms with Gasteiger partial charge in [-0.05, 0) is 6.42 Å². The van der Waals surface area contributed by atoms with Crippen molar-refractivity contribution in [3.8, 4) is 0 Å². The molecule has 0 N–H and O–H groups in total. The van der Waals surface area contributed by atoms with Crippen molar-refractivity contribution in [2.24, 2.45) is 10.9 Å². The Morgan fingerprint density at radius 1 is 1.60 bits per heavy atom. The van der Waals surface area contributed by atoms with E-state index in [1.165, 1.54) is 6.20 Å². The van der Waals surface area contributed by atoms with Crippen LogP contribution in [0.1, 0.15) is 6.42 Å². The molecule has 0 radical (unpaired) electrons. The third-order valence-corrected chi connectivity index (χ3v) is 1.32. The van der Waals surface area contributed by atoms with Crippen LogP contribution >= 0.6 is 0 Å². The van der Waals surface area contributed by atoms with E-state index in [9.17, 15) is 9.59 Å². The van der Waals surface area contributed by atoms with Gasteiger partial charge in [-0.3, -0.25) is 9.79 Å². The monoisotopic (exact) mass is 137 g/mol. The van der Waals surface area contributed by atoms with Crippen LogP contribution < -0.4 is 0 Å². The fourth-order valence-corrected chi connectivity index (χ4v) is 0.789. The van der Waals surface area contributed by atoms with Crippen molar-refractivity contribution in [1.29, 1.82) is 0 Å². The molecule has 1 aliphatic heterocycles. The highest BCUT2D eigenvalue weighted by molar-refractivity contribution is 5.86. The van der Waals surface area contributed by atoms with Crippen LogP contribution in [0.3, 0.4) is 0 Å². The zero-order chi connectivity index (χ0) is 7.40. The standard InChI is InChI=1S/C7H7NO2/c9-4-6-1-7(5-10)3-8-2-6/h2-6H,1H2. The molecular weight excluding hydrogens is 130 g/mol. The summed E-state index contributed by atoms with van der Waals surface area (Å²) in [5, 5.41) is 0. The van der Waals surface area contributed by atoms with Crippen molar-refractivity contribution >= 4 is 18.8 Å². The van der Waals surface area contributed by atoms with Crippen molar-refractivity contribution in [1.82, 2.24) is 0 Å². The molecule has 1 aliphatic rings. The summed E-state index contributed by atoms with van der Waals surface area (Å²) in [5.41, 5.74) is 0.583. The fourth-order valence-electron chi connectivity index (χ4n) is 0.789. The van der Waals surface area contributed by atoms with Gasteiger partial charge in [-0.1, -0.05) is 0 Å². The van der Waals surface area contributed by atoms with E-state index in [-0.39, 0.29) is 5.92 Å². The van der Waals surface area contributed by atoms with Gasteiger partial charge in [0.2, 0.25) is 0 Å². The molecule has 0 spiro atoms. The van der Waals surface area contributed by atoms with Gasteiger partial charge in [0.1, 0.15) is 12.6 Å². The first kappa shape index (κ1) is 6.86. The second kappa shape index (κ2) is 3.06. The van der Waals surface area contributed by atoms with Crippen LogP contribution in [-0.2, 0) is 9.59 Å². The largest absolute Gasteiger partial charge is 0.303 e. The van der Waals surface area contributed by atoms with Crippen LogP contribution in [0.2, 0.25) is 0 Å². The molecule has 3 heteroatoms. The van der Waals surface area contributed by atoms with Crippen LogP contribution in [0.4, 0.5) is 0 Å². The second-order valence-electron chi connectivity index (χ2n) is 2.12. The normalized spacial score (nSPS) is 23.6. The molecule has 0 aromatic carbocycles. The molecule has 1 atom stereocenters. The van der Waals surface area contributed by atoms with Crippen LogP contribution in [0, 0.1) is 5.92 Å². The minimum atomic E-state index is -0.204. The number of nitrogens with zero attached hydrogens (tertiary/aromatic N) is 1. The highest BCUT2D eigenvalue weighted by atomic mass is 16.1. The smallest absolute Gasteiger partial charge is 0.147 e. The Hall–Kier alpha value is -1.25. The number of rotatable bonds is 2. The third-order valence-electron chi connectivity index (χ3n) is 1.32. The first-order valence-electron chi connectivity index (χ1n) is 2.99. The Balaban J connectivity index is 2.66. The van der Waals surface area contributed by atoms with E-state index in [2.05, 4.69) is 4.99 Å². The van der Waals surface area contributed by atoms with Gasteiger partial charge in [0.25, 0.3) is 0 Å². The third kappa shape index (κ3) is 1.37. The molecule has 0 aromatic heterocycles. The van der Waals surface area contributed by atoms with E-state index in [1.807, 2.05) is 0 Å². The molecule has 0 aliphatic carbocycles. The summed E-state index contributed by atoms with van der Waals surface area (Å²) in [6.45, 7) is 0. The molecule has 10 heavy (non-hydrogen) atoms. The van der Waals surface area contributed by atoms with Crippen LogP contribution in [0.5, 0.6) is 0 Å². The van der Waals surface area contributed by atoms with Gasteiger partial charge in [-0.25, -0.2) is 0 Å². The van der Waals surface area contributed by atoms with E-state index >= 15 is 0 Å². The summed E-state index contributed by atoms with van der Waals surface area (Å²) in [6.07, 6.45) is 5.04. The van der Waals surface area contributed by atoms with Crippen molar-refractivity contribution in [2.45, 2.75) is 6.42 Å². The zero-order valence-corrected chi connectivity index (χ0v) is 5.36. The molecule has 0 bridgehead atoms. The molecule has 1 unspecified atom stereocenters. The van der Waals surface area contributed by atoms with Crippen molar-refractivity contribution < 1.29 is 9.59 Å². The number of hydrogen-bond donors (Lipinski definition) is 0. The lowest BCUT2D eigenvalue weighted by Gasteiger charge is -2.05. The average Bonchev–Trinajstić information content (AvgIpc) is 2.05. The van der Waals surface area contributed by atoms with E-state index in [4.69, 9.17) is 0 Å². The summed E-state index contributed by atoms with van der Waals surface area (Å²) < 4.78 is 0. The highest BCUT2D eigenvalue weighted by Gasteiger charge is 2.09. The molecule has 52 valence electrons. The first-order chi connectivity index (χ1) is 4.86. The fraction of sp³-hybridized carbons (Fsp3) is 0.286. The molecule has 0 aromatic rings. The van der Waals surface area contributed by atoms with Gasteiger partial charge in [-0.15, -0.1) is 0 Å². The van der Waals surface area contributed by atoms with Gasteiger partial charge in [-0.2, -0.15) is 0 Å². The lowest BCUT2D eigenvalue weighted by Crippen LogP contribution is -2.08. The zero-order valence-electron chi connectivity index (χ0n) is 5.36. The average molecular weight is 137 g/mol. The minimum Gasteiger partial charge on any atom is -0.303 e. The van der Waals surface area contributed by atoms with Crippen LogP contribution in [-0.4, -0.2) is 18.8 Å². The maximum atomic E-state index is 10.2. The number of carbonyl (C=O) groups excluding carboxylic acids is 2. The number of carbonyl (C=O) groups is 2. The molecule has 0 amide bonds. The molecule has 1 rings (SSSR count). The second-order valence-corrected chi connectivity index (χ2v) is 2.12. The molecule has 1 heterocycles. The van der Waals surface area contributed by atoms with Gasteiger partial charge in [0.15, 0.2) is 0 Å². The quantitative estimate of drug-likeness (QED) is 0.516. The Bertz CT molecular complexity index is 206. The van der Waals surface area contributed by atoms with Gasteiger partial charge in [0, 0.05) is 18.0 Å². The van der Waals surface area contributed by atoms with Crippen molar-refractivity contribution in [3.05, 3.63) is 11.8 Å². The van der Waals surface area contributed by atoms with Crippen LogP contribution in [0.25, 0.3) is 0 Å². The Morgan fingerprint density at radius 2 is 2.40 bits per heavy atom. The Morgan fingerprint density at radius 3 is 3.00 bits per heavy atom. The van der Waals surface area contributed by atoms with Crippen molar-refractivity contribution in [2.75, 3.05) is 0 Å². The molecular formula is C7H7NO2. The van der Waals surface area contributed by atoms with Crippen molar-refractivity contribution in [3.63, 3.8) is 0 Å². The van der Waals surface area contributed by atoms with E-state index in [0.717, 1.165) is 12.6 Å². The van der Waals surface area contributed by atoms with Gasteiger partial charge >= 0.3 is 0 Å². The molecule has 0 saturated heterocycles. The maximum Gasteiger partial charge on any atom is 0.147 e. The molecule has 3 nitrogen and oxygen atoms in total. The minimum absolute atomic E-state index is 0.204. The topological polar surface area (TPSA) is 46.5 Å². The summed E-state index contributed by atoms with van der Waals surface area (Å²) in [7, 11) is 0. The molecule has 0 fully saturated rings. The maximum absolute atomic E-state index is 10.2. The number of allylic oxidation sites excluding steroid dienone is 1. The van der Waals surface area contributed by atoms with E-state index in [0.29, 0.717) is 12.0 Å². The highest BCUT2D eigenvalue weighted by Crippen LogP contribution is 2.10. The number of hydrogen-bond acceptors (Lipinski definition) is 3. The van der Waals surface area contributed by atoms with E-state index < -0.39 is 0 Å². The summed E-state index contributed by atoms with van der Waals surface area (Å²) in [5.74, 6) is -0.204. The summed E-state index contributed by atoms with van der Waals surface area (Å²) >= 11 is 0. The number of aliphatic imine (C=N–C) groups is 1. The molecule has 0 saturated carbocycles. The Kier molecular flexibility index (Phi) is 2.10. The van der Waals surface area contributed by atoms with Gasteiger partial charge in [0.05, 0.1) is 5.92 Å². The summed E-state index contributed by atoms with van der Waals surface area (Å²) in [6, 6.07) is 0. The Labute approximate surface area is 58.5 Å². The SMILES string of the molecule is O=CC1=CN=CC(C=O)C1. The number of aldehydes is 2. The van der Waals surface area contributed by atoms with Crippen LogP contribution in [0.15, 0.2) is 16.8 Å². The van der Waals surface area contributed by atoms with E-state index in [1.54, 1.807) is 6.21 Å².